The minimum atomic E-state index is -0.528. The molecule has 6 nitrogen and oxygen atoms in total. The summed E-state index contributed by atoms with van der Waals surface area (Å²) in [4.78, 5) is 22.5. The summed E-state index contributed by atoms with van der Waals surface area (Å²) in [6, 6.07) is 15.3. The highest BCUT2D eigenvalue weighted by Gasteiger charge is 2.11. The summed E-state index contributed by atoms with van der Waals surface area (Å²) < 4.78 is 0. The summed E-state index contributed by atoms with van der Waals surface area (Å²) >= 11 is 0. The van der Waals surface area contributed by atoms with Gasteiger partial charge in [-0.2, -0.15) is 5.10 Å². The zero-order chi connectivity index (χ0) is 18.1. The molecule has 130 valence electrons. The van der Waals surface area contributed by atoms with Crippen molar-refractivity contribution in [3.63, 3.8) is 0 Å². The number of hydrazone groups is 1. The third kappa shape index (κ3) is 5.53. The molecule has 0 unspecified atom stereocenters. The van der Waals surface area contributed by atoms with Crippen molar-refractivity contribution in [1.29, 1.82) is 0 Å². The van der Waals surface area contributed by atoms with Gasteiger partial charge >= 0.3 is 0 Å². The maximum absolute atomic E-state index is 12.2. The summed E-state index contributed by atoms with van der Waals surface area (Å²) in [5, 5.41) is 15.1. The molecule has 0 heterocycles. The van der Waals surface area contributed by atoms with Gasteiger partial charge in [0, 0.05) is 17.7 Å². The fourth-order valence-electron chi connectivity index (χ4n) is 2.38. The summed E-state index contributed by atoms with van der Waals surface area (Å²) in [7, 11) is 0. The first-order valence-corrected chi connectivity index (χ1v) is 8.28. The molecule has 2 rings (SSSR count). The Morgan fingerprint density at radius 2 is 1.80 bits per heavy atom. The van der Waals surface area contributed by atoms with Gasteiger partial charge in [-0.05, 0) is 24.5 Å². The molecule has 0 spiro atoms. The van der Waals surface area contributed by atoms with Gasteiger partial charge in [-0.1, -0.05) is 56.2 Å². The van der Waals surface area contributed by atoms with Gasteiger partial charge in [-0.15, -0.1) is 0 Å². The molecule has 25 heavy (non-hydrogen) atoms. The van der Waals surface area contributed by atoms with Crippen LogP contribution in [0.5, 0.6) is 0 Å². The highest BCUT2D eigenvalue weighted by molar-refractivity contribution is 6.02. The molecule has 0 aliphatic heterocycles. The fraction of sp³-hybridized carbons (Fsp3) is 0.263. The molecule has 2 aromatic rings. The molecule has 0 aliphatic carbocycles. The minimum Gasteiger partial charge on any atom is -0.267 e. The van der Waals surface area contributed by atoms with Crippen LogP contribution in [0.15, 0.2) is 59.7 Å². The molecule has 0 fully saturated rings. The average molecular weight is 339 g/mol. The smallest absolute Gasteiger partial charge is 0.267 e. The van der Waals surface area contributed by atoms with Gasteiger partial charge in [0.25, 0.3) is 11.6 Å². The van der Waals surface area contributed by atoms with E-state index in [0.717, 1.165) is 37.0 Å². The van der Waals surface area contributed by atoms with Gasteiger partial charge < -0.3 is 0 Å². The second kappa shape index (κ2) is 9.32. The third-order valence-electron chi connectivity index (χ3n) is 3.74. The van der Waals surface area contributed by atoms with Crippen molar-refractivity contribution < 1.29 is 9.72 Å². The van der Waals surface area contributed by atoms with E-state index in [4.69, 9.17) is 0 Å². The zero-order valence-electron chi connectivity index (χ0n) is 14.1. The van der Waals surface area contributed by atoms with Gasteiger partial charge in [0.15, 0.2) is 0 Å². The number of benzene rings is 2. The van der Waals surface area contributed by atoms with Crippen molar-refractivity contribution in [2.24, 2.45) is 5.10 Å². The van der Waals surface area contributed by atoms with Crippen molar-refractivity contribution in [3.8, 4) is 0 Å². The molecule has 0 aromatic heterocycles. The first-order valence-electron chi connectivity index (χ1n) is 8.28. The molecule has 1 N–H and O–H groups in total. The highest BCUT2D eigenvalue weighted by atomic mass is 16.6. The van der Waals surface area contributed by atoms with E-state index in [1.807, 2.05) is 30.3 Å². The number of non-ortho nitro benzene ring substituents is 1. The Balaban J connectivity index is 2.15. The van der Waals surface area contributed by atoms with Crippen molar-refractivity contribution in [2.45, 2.75) is 32.6 Å². The molecular formula is C19H21N3O3. The number of rotatable bonds is 8. The number of hydrogen-bond acceptors (Lipinski definition) is 4. The van der Waals surface area contributed by atoms with Crippen LogP contribution in [-0.4, -0.2) is 16.5 Å². The molecule has 0 atom stereocenters. The largest absolute Gasteiger partial charge is 0.271 e. The summed E-state index contributed by atoms with van der Waals surface area (Å²) in [6.45, 7) is 2.13. The van der Waals surface area contributed by atoms with Crippen molar-refractivity contribution in [2.75, 3.05) is 0 Å². The lowest BCUT2D eigenvalue weighted by atomic mass is 10.0. The summed E-state index contributed by atoms with van der Waals surface area (Å²) in [6.07, 6.45) is 3.93. The van der Waals surface area contributed by atoms with E-state index >= 15 is 0 Å². The molecule has 0 bridgehead atoms. The lowest BCUT2D eigenvalue weighted by molar-refractivity contribution is -0.384. The van der Waals surface area contributed by atoms with Crippen LogP contribution in [0.2, 0.25) is 0 Å². The Labute approximate surface area is 146 Å². The Morgan fingerprint density at radius 1 is 1.08 bits per heavy atom. The third-order valence-corrected chi connectivity index (χ3v) is 3.74. The van der Waals surface area contributed by atoms with Crippen molar-refractivity contribution in [1.82, 2.24) is 5.43 Å². The summed E-state index contributed by atoms with van der Waals surface area (Å²) in [5.41, 5.74) is 4.36. The van der Waals surface area contributed by atoms with E-state index < -0.39 is 10.8 Å². The quantitative estimate of drug-likeness (QED) is 0.336. The molecule has 0 saturated heterocycles. The van der Waals surface area contributed by atoms with Gasteiger partial charge in [-0.3, -0.25) is 14.9 Å². The van der Waals surface area contributed by atoms with Crippen LogP contribution in [-0.2, 0) is 0 Å². The maximum Gasteiger partial charge on any atom is 0.271 e. The number of amides is 1. The molecule has 0 aliphatic rings. The molecular weight excluding hydrogens is 318 g/mol. The first kappa shape index (κ1) is 18.3. The number of hydrogen-bond donors (Lipinski definition) is 1. The second-order valence-electron chi connectivity index (χ2n) is 5.63. The van der Waals surface area contributed by atoms with Crippen LogP contribution < -0.4 is 5.43 Å². The van der Waals surface area contributed by atoms with Crippen LogP contribution in [0.3, 0.4) is 0 Å². The number of nitro benzene ring substituents is 1. The monoisotopic (exact) mass is 339 g/mol. The molecule has 0 radical (unpaired) electrons. The normalized spacial score (nSPS) is 11.2. The average Bonchev–Trinajstić information content (AvgIpc) is 2.65. The predicted molar refractivity (Wildman–Crippen MR) is 97.7 cm³/mol. The maximum atomic E-state index is 12.2. The van der Waals surface area contributed by atoms with Crippen LogP contribution >= 0.6 is 0 Å². The van der Waals surface area contributed by atoms with E-state index in [1.54, 1.807) is 0 Å². The van der Waals surface area contributed by atoms with E-state index in [0.29, 0.717) is 0 Å². The topological polar surface area (TPSA) is 84.6 Å². The Morgan fingerprint density at radius 3 is 2.48 bits per heavy atom. The minimum absolute atomic E-state index is 0.122. The number of carbonyl (C=O) groups is 1. The van der Waals surface area contributed by atoms with Crippen LogP contribution in [0.4, 0.5) is 5.69 Å². The second-order valence-corrected chi connectivity index (χ2v) is 5.63. The van der Waals surface area contributed by atoms with Crippen LogP contribution in [0, 0.1) is 10.1 Å². The van der Waals surface area contributed by atoms with E-state index in [2.05, 4.69) is 17.5 Å². The van der Waals surface area contributed by atoms with E-state index in [-0.39, 0.29) is 11.3 Å². The predicted octanol–water partition coefficient (Wildman–Crippen LogP) is 4.31. The number of nitrogens with one attached hydrogen (secondary N) is 1. The van der Waals surface area contributed by atoms with Gasteiger partial charge in [0.05, 0.1) is 10.6 Å². The Hall–Kier alpha value is -3.02. The fourth-order valence-corrected chi connectivity index (χ4v) is 2.38. The number of carbonyl (C=O) groups excluding carboxylic acids is 1. The molecule has 6 heteroatoms. The highest BCUT2D eigenvalue weighted by Crippen LogP contribution is 2.13. The van der Waals surface area contributed by atoms with Crippen molar-refractivity contribution >= 4 is 17.3 Å². The number of nitro groups is 1. The lowest BCUT2D eigenvalue weighted by Gasteiger charge is -2.07. The lowest BCUT2D eigenvalue weighted by Crippen LogP contribution is -2.20. The SMILES string of the molecule is CCCCC/C(=N\NC(=O)c1cccc([N+](=O)[O-])c1)c1ccccc1. The van der Waals surface area contributed by atoms with Crippen LogP contribution in [0.1, 0.15) is 48.5 Å². The van der Waals surface area contributed by atoms with E-state index in [9.17, 15) is 14.9 Å². The standard InChI is InChI=1S/C19H21N3O3/c1-2-3-5-13-18(15-9-6-4-7-10-15)20-21-19(23)16-11-8-12-17(14-16)22(24)25/h4,6-12,14H,2-3,5,13H2,1H3,(H,21,23)/b20-18+. The molecule has 0 saturated carbocycles. The van der Waals surface area contributed by atoms with E-state index in [1.165, 1.54) is 24.3 Å². The number of unbranched alkanes of at least 4 members (excludes halogenated alkanes) is 2. The molecule has 1 amide bonds. The van der Waals surface area contributed by atoms with Gasteiger partial charge in [0.1, 0.15) is 0 Å². The van der Waals surface area contributed by atoms with Crippen LogP contribution in [0.25, 0.3) is 0 Å². The van der Waals surface area contributed by atoms with Gasteiger partial charge in [-0.25, -0.2) is 5.43 Å². The Kier molecular flexibility index (Phi) is 6.83. The first-order chi connectivity index (χ1) is 12.1. The molecule has 2 aromatic carbocycles. The number of nitrogens with zero attached hydrogens (tertiary/aromatic N) is 2. The zero-order valence-corrected chi connectivity index (χ0v) is 14.1. The summed E-state index contributed by atoms with van der Waals surface area (Å²) in [5.74, 6) is -0.465. The van der Waals surface area contributed by atoms with Gasteiger partial charge in [0.2, 0.25) is 0 Å². The van der Waals surface area contributed by atoms with Crippen molar-refractivity contribution in [3.05, 3.63) is 75.8 Å². The Bertz CT molecular complexity index is 758.